The number of carbonyl (C=O) groups excluding carboxylic acids is 1. The zero-order chi connectivity index (χ0) is 18.4. The molecule has 0 unspecified atom stereocenters. The van der Waals surface area contributed by atoms with Crippen molar-refractivity contribution in [1.29, 1.82) is 0 Å². The Labute approximate surface area is 159 Å². The highest BCUT2D eigenvalue weighted by Crippen LogP contribution is 2.36. The van der Waals surface area contributed by atoms with Crippen LogP contribution in [0.2, 0.25) is 0 Å². The van der Waals surface area contributed by atoms with Gasteiger partial charge in [0.15, 0.2) is 11.9 Å². The van der Waals surface area contributed by atoms with Crippen molar-refractivity contribution in [1.82, 2.24) is 9.97 Å². The van der Waals surface area contributed by atoms with Crippen molar-refractivity contribution in [3.05, 3.63) is 48.5 Å². The summed E-state index contributed by atoms with van der Waals surface area (Å²) in [6.07, 6.45) is 2.43. The third-order valence-electron chi connectivity index (χ3n) is 4.90. The molecule has 5 nitrogen and oxygen atoms in total. The Kier molecular flexibility index (Phi) is 4.44. The van der Waals surface area contributed by atoms with Crippen molar-refractivity contribution in [3.63, 3.8) is 0 Å². The van der Waals surface area contributed by atoms with Crippen molar-refractivity contribution in [2.75, 3.05) is 0 Å². The van der Waals surface area contributed by atoms with Crippen LogP contribution in [0, 0.1) is 12.8 Å². The maximum Gasteiger partial charge on any atom is 0.349 e. The highest BCUT2D eigenvalue weighted by atomic mass is 32.1. The van der Waals surface area contributed by atoms with Crippen LogP contribution in [-0.2, 0) is 17.6 Å². The Morgan fingerprint density at radius 1 is 1.46 bits per heavy atom. The van der Waals surface area contributed by atoms with Crippen LogP contribution in [0.4, 0.5) is 0 Å². The van der Waals surface area contributed by atoms with Gasteiger partial charge in [-0.25, -0.2) is 9.78 Å². The van der Waals surface area contributed by atoms with E-state index in [1.54, 1.807) is 18.3 Å². The van der Waals surface area contributed by atoms with E-state index in [2.05, 4.69) is 16.9 Å². The lowest BCUT2D eigenvalue weighted by Crippen LogP contribution is -2.18. The molecule has 0 amide bonds. The number of nitrogens with zero attached hydrogens (tertiary/aromatic N) is 1. The smallest absolute Gasteiger partial charge is 0.349 e. The summed E-state index contributed by atoms with van der Waals surface area (Å²) < 4.78 is 5.53. The highest BCUT2D eigenvalue weighted by molar-refractivity contribution is 7.18. The van der Waals surface area contributed by atoms with Crippen molar-refractivity contribution in [3.8, 4) is 0 Å². The van der Waals surface area contributed by atoms with E-state index in [0.29, 0.717) is 22.0 Å². The van der Waals surface area contributed by atoms with Crippen LogP contribution < -0.4 is 5.56 Å². The maximum atomic E-state index is 12.7. The van der Waals surface area contributed by atoms with Crippen LogP contribution >= 0.6 is 22.7 Å². The summed E-state index contributed by atoms with van der Waals surface area (Å²) in [6.45, 7) is 5.85. The molecule has 1 N–H and O–H groups in total. The molecule has 7 heteroatoms. The molecule has 0 saturated carbocycles. The molecular weight excluding hydrogens is 368 g/mol. The van der Waals surface area contributed by atoms with Crippen LogP contribution in [0.5, 0.6) is 0 Å². The fourth-order valence-electron chi connectivity index (χ4n) is 3.41. The van der Waals surface area contributed by atoms with Gasteiger partial charge in [-0.3, -0.25) is 4.79 Å². The van der Waals surface area contributed by atoms with E-state index in [1.165, 1.54) is 16.2 Å². The molecule has 3 aromatic rings. The molecule has 0 bridgehead atoms. The van der Waals surface area contributed by atoms with Crippen LogP contribution in [0.1, 0.15) is 57.9 Å². The minimum absolute atomic E-state index is 0.132. The fraction of sp³-hybridized carbons (Fsp3) is 0.421. The number of H-pyrrole nitrogens is 1. The molecule has 3 aromatic heterocycles. The van der Waals surface area contributed by atoms with E-state index < -0.39 is 6.10 Å². The molecule has 0 fully saturated rings. The number of rotatable bonds is 3. The normalized spacial score (nSPS) is 17.9. The fourth-order valence-corrected chi connectivity index (χ4v) is 5.61. The van der Waals surface area contributed by atoms with Gasteiger partial charge in [0.05, 0.1) is 5.39 Å². The Morgan fingerprint density at radius 2 is 2.27 bits per heavy atom. The summed E-state index contributed by atoms with van der Waals surface area (Å²) in [7, 11) is 0. The first-order valence-corrected chi connectivity index (χ1v) is 10.4. The number of thiophene rings is 2. The summed E-state index contributed by atoms with van der Waals surface area (Å²) >= 11 is 2.95. The van der Waals surface area contributed by atoms with E-state index in [-0.39, 0.29) is 11.5 Å². The maximum absolute atomic E-state index is 12.7. The zero-order valence-electron chi connectivity index (χ0n) is 14.9. The second-order valence-corrected chi connectivity index (χ2v) is 8.96. The van der Waals surface area contributed by atoms with Crippen LogP contribution in [0.15, 0.2) is 16.2 Å². The molecule has 26 heavy (non-hydrogen) atoms. The average molecular weight is 389 g/mol. The second-order valence-electron chi connectivity index (χ2n) is 6.96. The van der Waals surface area contributed by atoms with Crippen molar-refractivity contribution < 1.29 is 9.53 Å². The van der Waals surface area contributed by atoms with E-state index in [1.807, 2.05) is 18.4 Å². The Morgan fingerprint density at radius 3 is 3.00 bits per heavy atom. The molecular formula is C19H20N2O3S2. The van der Waals surface area contributed by atoms with E-state index in [4.69, 9.17) is 4.74 Å². The monoisotopic (exact) mass is 388 g/mol. The second kappa shape index (κ2) is 6.63. The standard InChI is InChI=1S/C19H20N2O3S2/c1-9-4-5-12-13(8-9)26-18-14(12)17(22)20-16(21-18)11(3)24-19(23)15-10(2)6-7-25-15/h6-7,9,11H,4-5,8H2,1-3H3,(H,20,21,22)/t9-,11-/m1/s1. The van der Waals surface area contributed by atoms with Gasteiger partial charge in [-0.1, -0.05) is 6.92 Å². The number of aromatic nitrogens is 2. The molecule has 4 rings (SSSR count). The van der Waals surface area contributed by atoms with Crippen molar-refractivity contribution in [2.45, 2.75) is 46.1 Å². The molecule has 0 radical (unpaired) electrons. The lowest BCUT2D eigenvalue weighted by atomic mass is 9.89. The van der Waals surface area contributed by atoms with Gasteiger partial charge in [0.25, 0.3) is 5.56 Å². The zero-order valence-corrected chi connectivity index (χ0v) is 16.6. The number of fused-ring (bicyclic) bond motifs is 3. The van der Waals surface area contributed by atoms with Gasteiger partial charge in [-0.15, -0.1) is 22.7 Å². The van der Waals surface area contributed by atoms with Crippen LogP contribution in [0.3, 0.4) is 0 Å². The number of esters is 1. The number of ether oxygens (including phenoxy) is 1. The molecule has 3 heterocycles. The predicted octanol–water partition coefficient (Wildman–Crippen LogP) is 4.40. The van der Waals surface area contributed by atoms with Gasteiger partial charge in [-0.05, 0) is 61.6 Å². The van der Waals surface area contributed by atoms with Gasteiger partial charge < -0.3 is 9.72 Å². The van der Waals surface area contributed by atoms with Gasteiger partial charge in [-0.2, -0.15) is 0 Å². The summed E-state index contributed by atoms with van der Waals surface area (Å²) in [4.78, 5) is 35.0. The number of nitrogens with one attached hydrogen (secondary N) is 1. The Balaban J connectivity index is 1.66. The first kappa shape index (κ1) is 17.4. The van der Waals surface area contributed by atoms with Crippen molar-refractivity contribution in [2.24, 2.45) is 5.92 Å². The Hall–Kier alpha value is -1.99. The molecule has 0 saturated heterocycles. The van der Waals surface area contributed by atoms with Gasteiger partial charge in [0.1, 0.15) is 9.71 Å². The molecule has 2 atom stereocenters. The quantitative estimate of drug-likeness (QED) is 0.675. The van der Waals surface area contributed by atoms with E-state index in [0.717, 1.165) is 35.2 Å². The summed E-state index contributed by atoms with van der Waals surface area (Å²) in [5.74, 6) is 0.659. The number of carbonyl (C=O) groups is 1. The SMILES string of the molecule is Cc1ccsc1C(=O)O[C@H](C)c1nc2sc3c(c2c(=O)[nH]1)CC[C@@H](C)C3. The van der Waals surface area contributed by atoms with Gasteiger partial charge in [0.2, 0.25) is 0 Å². The summed E-state index contributed by atoms with van der Waals surface area (Å²) in [5.41, 5.74) is 1.92. The summed E-state index contributed by atoms with van der Waals surface area (Å²) in [5, 5.41) is 2.58. The van der Waals surface area contributed by atoms with Gasteiger partial charge >= 0.3 is 5.97 Å². The number of hydrogen-bond acceptors (Lipinski definition) is 6. The molecule has 1 aliphatic rings. The lowest BCUT2D eigenvalue weighted by Gasteiger charge is -2.17. The minimum atomic E-state index is -0.612. The third-order valence-corrected chi connectivity index (χ3v) is 7.04. The molecule has 136 valence electrons. The van der Waals surface area contributed by atoms with E-state index in [9.17, 15) is 9.59 Å². The molecule has 1 aliphatic carbocycles. The molecule has 0 spiro atoms. The predicted molar refractivity (Wildman–Crippen MR) is 104 cm³/mol. The van der Waals surface area contributed by atoms with Crippen LogP contribution in [-0.4, -0.2) is 15.9 Å². The topological polar surface area (TPSA) is 72.0 Å². The molecule has 0 aliphatic heterocycles. The number of aryl methyl sites for hydroxylation is 2. The largest absolute Gasteiger partial charge is 0.450 e. The Bertz CT molecular complexity index is 1050. The third kappa shape index (κ3) is 2.99. The minimum Gasteiger partial charge on any atom is -0.450 e. The highest BCUT2D eigenvalue weighted by Gasteiger charge is 2.25. The van der Waals surface area contributed by atoms with Gasteiger partial charge in [0, 0.05) is 4.88 Å². The van der Waals surface area contributed by atoms with E-state index >= 15 is 0 Å². The van der Waals surface area contributed by atoms with Crippen molar-refractivity contribution >= 4 is 38.9 Å². The summed E-state index contributed by atoms with van der Waals surface area (Å²) in [6, 6.07) is 1.88. The average Bonchev–Trinajstić information content (AvgIpc) is 3.17. The number of hydrogen-bond donors (Lipinski definition) is 1. The first-order valence-electron chi connectivity index (χ1n) is 8.73. The van der Waals surface area contributed by atoms with Crippen LogP contribution in [0.25, 0.3) is 10.2 Å². The lowest BCUT2D eigenvalue weighted by molar-refractivity contribution is 0.0325. The number of aromatic amines is 1. The first-order chi connectivity index (χ1) is 12.4. The molecule has 0 aromatic carbocycles.